The molecule has 0 saturated heterocycles. The van der Waals surface area contributed by atoms with E-state index in [9.17, 15) is 0 Å². The maximum atomic E-state index is 5.13. The molecule has 0 radical (unpaired) electrons. The van der Waals surface area contributed by atoms with Gasteiger partial charge in [0, 0.05) is 12.2 Å². The summed E-state index contributed by atoms with van der Waals surface area (Å²) < 4.78 is 5.13. The lowest BCUT2D eigenvalue weighted by molar-refractivity contribution is 0.415. The van der Waals surface area contributed by atoms with E-state index in [1.807, 2.05) is 24.3 Å². The summed E-state index contributed by atoms with van der Waals surface area (Å²) in [5.41, 5.74) is 3.59. The lowest BCUT2D eigenvalue weighted by Crippen LogP contribution is -1.97. The Labute approximate surface area is 114 Å². The molecule has 0 bridgehead atoms. The first-order valence-corrected chi connectivity index (χ1v) is 6.39. The predicted octanol–water partition coefficient (Wildman–Crippen LogP) is 4.13. The first kappa shape index (κ1) is 13.2. The Morgan fingerprint density at radius 3 is 2.32 bits per heavy atom. The minimum absolute atomic E-state index is 0.815. The zero-order valence-corrected chi connectivity index (χ0v) is 11.4. The average Bonchev–Trinajstić information content (AvgIpc) is 2.46. The van der Waals surface area contributed by atoms with Crippen LogP contribution in [-0.4, -0.2) is 13.7 Å². The summed E-state index contributed by atoms with van der Waals surface area (Å²) in [5, 5.41) is 3.35. The fraction of sp³-hybridized carbons (Fsp3) is 0.176. The molecule has 98 valence electrons. The van der Waals surface area contributed by atoms with Crippen LogP contribution in [0.2, 0.25) is 0 Å². The average molecular weight is 253 g/mol. The highest BCUT2D eigenvalue weighted by Crippen LogP contribution is 2.12. The van der Waals surface area contributed by atoms with Crippen molar-refractivity contribution < 1.29 is 4.74 Å². The first-order valence-electron chi connectivity index (χ1n) is 6.39. The minimum atomic E-state index is 0.815. The number of hydrogen-bond acceptors (Lipinski definition) is 2. The van der Waals surface area contributed by atoms with Gasteiger partial charge in [-0.3, -0.25) is 0 Å². The maximum Gasteiger partial charge on any atom is 0.118 e. The number of ether oxygens (including phenoxy) is 1. The molecule has 0 aliphatic carbocycles. The van der Waals surface area contributed by atoms with Gasteiger partial charge in [0.15, 0.2) is 0 Å². The molecule has 0 atom stereocenters. The van der Waals surface area contributed by atoms with Crippen LogP contribution in [0.1, 0.15) is 11.1 Å². The molecule has 1 N–H and O–H groups in total. The monoisotopic (exact) mass is 253 g/mol. The van der Waals surface area contributed by atoms with Crippen LogP contribution >= 0.6 is 0 Å². The van der Waals surface area contributed by atoms with Gasteiger partial charge in [0.1, 0.15) is 5.75 Å². The summed E-state index contributed by atoms with van der Waals surface area (Å²) >= 11 is 0. The molecule has 2 nitrogen and oxygen atoms in total. The molecule has 0 unspecified atom stereocenters. The van der Waals surface area contributed by atoms with Crippen molar-refractivity contribution in [1.29, 1.82) is 0 Å². The van der Waals surface area contributed by atoms with E-state index < -0.39 is 0 Å². The van der Waals surface area contributed by atoms with E-state index >= 15 is 0 Å². The Morgan fingerprint density at radius 2 is 1.68 bits per heavy atom. The highest BCUT2D eigenvalue weighted by atomic mass is 16.5. The second-order valence-corrected chi connectivity index (χ2v) is 4.42. The molecule has 0 spiro atoms. The number of benzene rings is 2. The lowest BCUT2D eigenvalue weighted by Gasteiger charge is -2.03. The number of anilines is 1. The molecule has 0 saturated carbocycles. The van der Waals surface area contributed by atoms with Gasteiger partial charge in [0.2, 0.25) is 0 Å². The summed E-state index contributed by atoms with van der Waals surface area (Å²) in [5.74, 6) is 0.884. The molecular formula is C17H19NO. The number of rotatable bonds is 5. The summed E-state index contributed by atoms with van der Waals surface area (Å²) in [6.07, 6.45) is 4.21. The Balaban J connectivity index is 1.84. The maximum absolute atomic E-state index is 5.13. The molecule has 2 aromatic rings. The molecule has 0 heterocycles. The van der Waals surface area contributed by atoms with E-state index in [2.05, 4.69) is 48.7 Å². The molecule has 2 rings (SSSR count). The van der Waals surface area contributed by atoms with E-state index in [-0.39, 0.29) is 0 Å². The minimum Gasteiger partial charge on any atom is -0.497 e. The van der Waals surface area contributed by atoms with Crippen molar-refractivity contribution in [2.75, 3.05) is 19.0 Å². The third kappa shape index (κ3) is 4.18. The SMILES string of the molecule is COc1ccc(/C=C/CNc2ccc(C)cc2)cc1. The van der Waals surface area contributed by atoms with Crippen LogP contribution in [0.4, 0.5) is 5.69 Å². The second-order valence-electron chi connectivity index (χ2n) is 4.42. The Morgan fingerprint density at radius 1 is 1.00 bits per heavy atom. The normalized spacial score (nSPS) is 10.6. The van der Waals surface area contributed by atoms with E-state index in [0.29, 0.717) is 0 Å². The van der Waals surface area contributed by atoms with E-state index in [0.717, 1.165) is 18.0 Å². The molecule has 0 fully saturated rings. The molecule has 19 heavy (non-hydrogen) atoms. The number of hydrogen-bond donors (Lipinski definition) is 1. The third-order valence-electron chi connectivity index (χ3n) is 2.90. The van der Waals surface area contributed by atoms with Gasteiger partial charge in [0.25, 0.3) is 0 Å². The van der Waals surface area contributed by atoms with Crippen molar-refractivity contribution in [1.82, 2.24) is 0 Å². The van der Waals surface area contributed by atoms with Crippen LogP contribution in [0.25, 0.3) is 6.08 Å². The van der Waals surface area contributed by atoms with Gasteiger partial charge in [-0.1, -0.05) is 42.0 Å². The Kier molecular flexibility index (Phi) is 4.62. The first-order chi connectivity index (χ1) is 9.28. The van der Waals surface area contributed by atoms with Gasteiger partial charge < -0.3 is 10.1 Å². The highest BCUT2D eigenvalue weighted by Gasteiger charge is 1.91. The van der Waals surface area contributed by atoms with Crippen molar-refractivity contribution >= 4 is 11.8 Å². The van der Waals surface area contributed by atoms with Gasteiger partial charge in [-0.05, 0) is 36.8 Å². The molecule has 0 amide bonds. The summed E-state index contributed by atoms with van der Waals surface area (Å²) in [7, 11) is 1.68. The summed E-state index contributed by atoms with van der Waals surface area (Å²) in [6.45, 7) is 2.91. The summed E-state index contributed by atoms with van der Waals surface area (Å²) in [4.78, 5) is 0. The molecule has 2 aromatic carbocycles. The van der Waals surface area contributed by atoms with Crippen LogP contribution < -0.4 is 10.1 Å². The van der Waals surface area contributed by atoms with E-state index in [1.54, 1.807) is 7.11 Å². The molecule has 0 aliphatic rings. The standard InChI is InChI=1S/C17H19NO/c1-14-5-9-16(10-6-14)18-13-3-4-15-7-11-17(19-2)12-8-15/h3-12,18H,13H2,1-2H3/b4-3+. The van der Waals surface area contributed by atoms with Crippen molar-refractivity contribution in [3.8, 4) is 5.75 Å². The van der Waals surface area contributed by atoms with Crippen LogP contribution in [-0.2, 0) is 0 Å². The van der Waals surface area contributed by atoms with Crippen LogP contribution in [0.15, 0.2) is 54.6 Å². The largest absolute Gasteiger partial charge is 0.497 e. The topological polar surface area (TPSA) is 21.3 Å². The van der Waals surface area contributed by atoms with Crippen molar-refractivity contribution in [2.24, 2.45) is 0 Å². The van der Waals surface area contributed by atoms with Crippen LogP contribution in [0, 0.1) is 6.92 Å². The van der Waals surface area contributed by atoms with Gasteiger partial charge in [-0.2, -0.15) is 0 Å². The molecule has 0 aliphatic heterocycles. The Bertz CT molecular complexity index is 526. The van der Waals surface area contributed by atoms with Crippen LogP contribution in [0.5, 0.6) is 5.75 Å². The van der Waals surface area contributed by atoms with Gasteiger partial charge >= 0.3 is 0 Å². The number of aryl methyl sites for hydroxylation is 1. The zero-order chi connectivity index (χ0) is 13.5. The smallest absolute Gasteiger partial charge is 0.118 e. The quantitative estimate of drug-likeness (QED) is 0.865. The molecule has 0 aromatic heterocycles. The fourth-order valence-corrected chi connectivity index (χ4v) is 1.76. The van der Waals surface area contributed by atoms with Crippen molar-refractivity contribution in [3.05, 3.63) is 65.7 Å². The second kappa shape index (κ2) is 6.64. The van der Waals surface area contributed by atoms with Crippen LogP contribution in [0.3, 0.4) is 0 Å². The zero-order valence-electron chi connectivity index (χ0n) is 11.4. The van der Waals surface area contributed by atoms with E-state index in [4.69, 9.17) is 4.74 Å². The number of nitrogens with one attached hydrogen (secondary N) is 1. The van der Waals surface area contributed by atoms with Crippen molar-refractivity contribution in [2.45, 2.75) is 6.92 Å². The highest BCUT2D eigenvalue weighted by molar-refractivity contribution is 5.52. The van der Waals surface area contributed by atoms with Gasteiger partial charge in [-0.25, -0.2) is 0 Å². The third-order valence-corrected chi connectivity index (χ3v) is 2.90. The molecule has 2 heteroatoms. The van der Waals surface area contributed by atoms with E-state index in [1.165, 1.54) is 11.1 Å². The summed E-state index contributed by atoms with van der Waals surface area (Å²) in [6, 6.07) is 16.4. The fourth-order valence-electron chi connectivity index (χ4n) is 1.76. The van der Waals surface area contributed by atoms with Crippen molar-refractivity contribution in [3.63, 3.8) is 0 Å². The number of methoxy groups -OCH3 is 1. The lowest BCUT2D eigenvalue weighted by atomic mass is 10.2. The van der Waals surface area contributed by atoms with Gasteiger partial charge in [-0.15, -0.1) is 0 Å². The predicted molar refractivity (Wildman–Crippen MR) is 81.7 cm³/mol. The van der Waals surface area contributed by atoms with Gasteiger partial charge in [0.05, 0.1) is 7.11 Å². The Hall–Kier alpha value is -2.22. The molecular weight excluding hydrogens is 234 g/mol.